The zero-order valence-corrected chi connectivity index (χ0v) is 19.3. The lowest BCUT2D eigenvalue weighted by Gasteiger charge is -2.27. The first kappa shape index (κ1) is 22.5. The van der Waals surface area contributed by atoms with Gasteiger partial charge in [0.1, 0.15) is 24.0 Å². The quantitative estimate of drug-likeness (QED) is 0.404. The molecule has 1 fully saturated rings. The summed E-state index contributed by atoms with van der Waals surface area (Å²) in [6, 6.07) is 12.0. The molecule has 1 saturated heterocycles. The fourth-order valence-electron chi connectivity index (χ4n) is 4.04. The number of rotatable bonds is 7. The maximum Gasteiger partial charge on any atom is 0.161 e. The van der Waals surface area contributed by atoms with E-state index in [1.807, 2.05) is 30.3 Å². The van der Waals surface area contributed by atoms with E-state index in [9.17, 15) is 5.26 Å². The topological polar surface area (TPSA) is 106 Å². The van der Waals surface area contributed by atoms with E-state index in [4.69, 9.17) is 19.2 Å². The number of anilines is 1. The van der Waals surface area contributed by atoms with Gasteiger partial charge in [0.25, 0.3) is 0 Å². The normalized spacial score (nSPS) is 13.4. The lowest BCUT2D eigenvalue weighted by Crippen LogP contribution is -2.36. The van der Waals surface area contributed by atoms with Gasteiger partial charge in [-0.1, -0.05) is 12.1 Å². The maximum atomic E-state index is 10.0. The third kappa shape index (κ3) is 4.98. The van der Waals surface area contributed by atoms with Crippen LogP contribution in [0.15, 0.2) is 55.1 Å². The largest absolute Gasteiger partial charge is 0.493 e. The molecule has 9 heteroatoms. The summed E-state index contributed by atoms with van der Waals surface area (Å²) in [5.41, 5.74) is 4.45. The number of hydrogen-bond donors (Lipinski definition) is 0. The van der Waals surface area contributed by atoms with Gasteiger partial charge in [-0.25, -0.2) is 4.98 Å². The van der Waals surface area contributed by atoms with Crippen LogP contribution < -0.4 is 14.4 Å². The summed E-state index contributed by atoms with van der Waals surface area (Å²) in [4.78, 5) is 19.8. The van der Waals surface area contributed by atoms with Crippen LogP contribution >= 0.6 is 0 Å². The van der Waals surface area contributed by atoms with Crippen LogP contribution in [0.1, 0.15) is 22.4 Å². The lowest BCUT2D eigenvalue weighted by atomic mass is 9.98. The lowest BCUT2D eigenvalue weighted by molar-refractivity contribution is 0.122. The summed E-state index contributed by atoms with van der Waals surface area (Å²) >= 11 is 0. The summed E-state index contributed by atoms with van der Waals surface area (Å²) in [6.45, 7) is 3.12. The Labute approximate surface area is 203 Å². The van der Waals surface area contributed by atoms with Crippen LogP contribution in [0.5, 0.6) is 11.5 Å². The summed E-state index contributed by atoms with van der Waals surface area (Å²) in [7, 11) is 1.60. The van der Waals surface area contributed by atoms with Gasteiger partial charge in [0.15, 0.2) is 11.5 Å². The minimum absolute atomic E-state index is 0.289. The van der Waals surface area contributed by atoms with Crippen LogP contribution in [0.4, 0.5) is 5.82 Å². The summed E-state index contributed by atoms with van der Waals surface area (Å²) < 4.78 is 16.9. The number of morpholine rings is 1. The van der Waals surface area contributed by atoms with Crippen molar-refractivity contribution < 1.29 is 14.2 Å². The molecule has 0 N–H and O–H groups in total. The zero-order valence-electron chi connectivity index (χ0n) is 19.3. The second-order valence-electron chi connectivity index (χ2n) is 8.05. The molecule has 1 aliphatic heterocycles. The van der Waals surface area contributed by atoms with Crippen molar-refractivity contribution in [1.29, 1.82) is 5.26 Å². The van der Waals surface area contributed by atoms with Crippen LogP contribution in [0.2, 0.25) is 0 Å². The molecule has 0 aliphatic carbocycles. The molecule has 0 amide bonds. The second-order valence-corrected chi connectivity index (χ2v) is 8.05. The molecule has 0 bridgehead atoms. The number of aromatic nitrogens is 4. The zero-order chi connectivity index (χ0) is 24.0. The molecule has 0 spiro atoms. The molecule has 0 atom stereocenters. The van der Waals surface area contributed by atoms with Gasteiger partial charge in [-0.15, -0.1) is 0 Å². The van der Waals surface area contributed by atoms with Gasteiger partial charge in [0.05, 0.1) is 49.5 Å². The molecule has 2 aromatic heterocycles. The maximum absolute atomic E-state index is 10.0. The van der Waals surface area contributed by atoms with Gasteiger partial charge in [0.2, 0.25) is 0 Å². The van der Waals surface area contributed by atoms with E-state index in [1.165, 1.54) is 0 Å². The van der Waals surface area contributed by atoms with Crippen LogP contribution in [0.3, 0.4) is 0 Å². The number of nitrogens with zero attached hydrogens (tertiary/aromatic N) is 6. The Balaban J connectivity index is 1.40. The Morgan fingerprint density at radius 2 is 1.94 bits per heavy atom. The first-order valence-electron chi connectivity index (χ1n) is 11.3. The Bertz CT molecular complexity index is 1370. The van der Waals surface area contributed by atoms with E-state index >= 15 is 0 Å². The molecule has 35 heavy (non-hydrogen) atoms. The van der Waals surface area contributed by atoms with E-state index in [0.717, 1.165) is 35.7 Å². The standard InChI is InChI=1S/C26H24N6O3/c1-33-24-13-18(2-5-23(24)35-17-20-15-28-6-7-29-20)12-19-3-4-22-26(21(19)14-27)31-25(16-30-22)32-8-10-34-11-9-32/h2-7,13,15-16H,8-12,17H2,1H3. The van der Waals surface area contributed by atoms with E-state index in [-0.39, 0.29) is 6.61 Å². The number of nitriles is 1. The molecule has 5 rings (SSSR count). The van der Waals surface area contributed by atoms with Crippen molar-refractivity contribution in [2.24, 2.45) is 0 Å². The average molecular weight is 469 g/mol. The smallest absolute Gasteiger partial charge is 0.161 e. The van der Waals surface area contributed by atoms with Crippen molar-refractivity contribution in [3.8, 4) is 17.6 Å². The average Bonchev–Trinajstić information content (AvgIpc) is 2.93. The van der Waals surface area contributed by atoms with Crippen molar-refractivity contribution >= 4 is 16.9 Å². The molecule has 3 heterocycles. The third-order valence-corrected chi connectivity index (χ3v) is 5.85. The Kier molecular flexibility index (Phi) is 6.63. The van der Waals surface area contributed by atoms with E-state index in [0.29, 0.717) is 47.7 Å². The number of methoxy groups -OCH3 is 1. The highest BCUT2D eigenvalue weighted by Gasteiger charge is 2.17. The molecule has 4 aromatic rings. The summed E-state index contributed by atoms with van der Waals surface area (Å²) in [5, 5.41) is 10.0. The fraction of sp³-hybridized carbons (Fsp3) is 0.269. The number of hydrogen-bond acceptors (Lipinski definition) is 9. The molecule has 0 radical (unpaired) electrons. The van der Waals surface area contributed by atoms with Gasteiger partial charge >= 0.3 is 0 Å². The molecule has 0 unspecified atom stereocenters. The number of benzene rings is 2. The third-order valence-electron chi connectivity index (χ3n) is 5.85. The monoisotopic (exact) mass is 468 g/mol. The first-order valence-corrected chi connectivity index (χ1v) is 11.3. The molecule has 176 valence electrons. The predicted molar refractivity (Wildman–Crippen MR) is 129 cm³/mol. The molecule has 1 aliphatic rings. The highest BCUT2D eigenvalue weighted by Crippen LogP contribution is 2.31. The number of ether oxygens (including phenoxy) is 3. The van der Waals surface area contributed by atoms with Gasteiger partial charge in [-0.05, 0) is 35.7 Å². The van der Waals surface area contributed by atoms with Crippen LogP contribution in [0.25, 0.3) is 11.0 Å². The fourth-order valence-corrected chi connectivity index (χ4v) is 4.04. The van der Waals surface area contributed by atoms with Crippen molar-refractivity contribution in [2.75, 3.05) is 38.3 Å². The number of fused-ring (bicyclic) bond motifs is 1. The summed E-state index contributed by atoms with van der Waals surface area (Å²) in [5.74, 6) is 1.99. The highest BCUT2D eigenvalue weighted by molar-refractivity contribution is 5.83. The van der Waals surface area contributed by atoms with Crippen molar-refractivity contribution in [3.63, 3.8) is 0 Å². The van der Waals surface area contributed by atoms with Crippen LogP contribution in [-0.2, 0) is 17.8 Å². The molecular formula is C26H24N6O3. The Hall–Kier alpha value is -4.29. The molecular weight excluding hydrogens is 444 g/mol. The van der Waals surface area contributed by atoms with E-state index < -0.39 is 0 Å². The molecule has 2 aromatic carbocycles. The predicted octanol–water partition coefficient (Wildman–Crippen LogP) is 3.31. The Morgan fingerprint density at radius 1 is 1.06 bits per heavy atom. The van der Waals surface area contributed by atoms with Crippen LogP contribution in [0, 0.1) is 11.3 Å². The van der Waals surface area contributed by atoms with E-state index in [1.54, 1.807) is 31.9 Å². The van der Waals surface area contributed by atoms with Crippen molar-refractivity contribution in [1.82, 2.24) is 19.9 Å². The second kappa shape index (κ2) is 10.3. The first-order chi connectivity index (χ1) is 17.2. The van der Waals surface area contributed by atoms with Crippen molar-refractivity contribution in [3.05, 3.63) is 77.5 Å². The SMILES string of the molecule is COc1cc(Cc2ccc3ncc(N4CCOCC4)nc3c2C#N)ccc1OCc1cnccn1. The summed E-state index contributed by atoms with van der Waals surface area (Å²) in [6.07, 6.45) is 7.22. The minimum atomic E-state index is 0.289. The van der Waals surface area contributed by atoms with E-state index in [2.05, 4.69) is 25.9 Å². The molecule has 9 nitrogen and oxygen atoms in total. The molecule has 0 saturated carbocycles. The minimum Gasteiger partial charge on any atom is -0.493 e. The highest BCUT2D eigenvalue weighted by atomic mass is 16.5. The van der Waals surface area contributed by atoms with Gasteiger partial charge < -0.3 is 19.1 Å². The van der Waals surface area contributed by atoms with Gasteiger partial charge in [-0.3, -0.25) is 15.0 Å². The van der Waals surface area contributed by atoms with Crippen molar-refractivity contribution in [2.45, 2.75) is 13.0 Å². The Morgan fingerprint density at radius 3 is 2.71 bits per heavy atom. The van der Waals surface area contributed by atoms with Gasteiger partial charge in [0, 0.05) is 25.5 Å². The van der Waals surface area contributed by atoms with Crippen LogP contribution in [-0.4, -0.2) is 53.3 Å². The van der Waals surface area contributed by atoms with Gasteiger partial charge in [-0.2, -0.15) is 5.26 Å².